The van der Waals surface area contributed by atoms with Crippen molar-refractivity contribution in [3.05, 3.63) is 82.1 Å². The average molecular weight is 475 g/mol. The van der Waals surface area contributed by atoms with Gasteiger partial charge in [0.25, 0.3) is 5.56 Å². The van der Waals surface area contributed by atoms with Gasteiger partial charge in [0.2, 0.25) is 0 Å². The topological polar surface area (TPSA) is 25.2 Å². The van der Waals surface area contributed by atoms with Crippen LogP contribution in [0.1, 0.15) is 76.3 Å². The molecule has 3 aromatic rings. The van der Waals surface area contributed by atoms with Gasteiger partial charge in [-0.15, -0.1) is 0 Å². The molecule has 1 fully saturated rings. The molecule has 1 aromatic heterocycles. The molecular formula is C32H46N2O. The predicted molar refractivity (Wildman–Crippen MR) is 151 cm³/mol. The zero-order chi connectivity index (χ0) is 25.1. The van der Waals surface area contributed by atoms with Gasteiger partial charge < -0.3 is 9.47 Å². The summed E-state index contributed by atoms with van der Waals surface area (Å²) in [7, 11) is 0. The van der Waals surface area contributed by atoms with E-state index in [9.17, 15) is 4.79 Å². The van der Waals surface area contributed by atoms with E-state index in [2.05, 4.69) is 62.9 Å². The van der Waals surface area contributed by atoms with Gasteiger partial charge >= 0.3 is 0 Å². The lowest BCUT2D eigenvalue weighted by Crippen LogP contribution is -2.40. The Morgan fingerprint density at radius 3 is 2.14 bits per heavy atom. The zero-order valence-corrected chi connectivity index (χ0v) is 22.6. The fraction of sp³-hybridized carbons (Fsp3) is 0.531. The summed E-state index contributed by atoms with van der Waals surface area (Å²) in [5.74, 6) is 0. The van der Waals surface area contributed by atoms with Crippen LogP contribution < -0.4 is 5.56 Å². The molecule has 4 rings (SSSR count). The van der Waals surface area contributed by atoms with Gasteiger partial charge in [0, 0.05) is 12.6 Å². The van der Waals surface area contributed by atoms with Gasteiger partial charge in [0.15, 0.2) is 0 Å². The lowest BCUT2D eigenvalue weighted by atomic mass is 9.73. The number of aromatic nitrogens is 1. The van der Waals surface area contributed by atoms with Crippen molar-refractivity contribution in [2.24, 2.45) is 5.41 Å². The van der Waals surface area contributed by atoms with Gasteiger partial charge in [-0.25, -0.2) is 0 Å². The number of hydrogen-bond acceptors (Lipinski definition) is 2. The SMILES string of the molecule is CCCCCN1CCC(CC)(CCCn2c(=O)ccc3ccc(C)cc32)CC1.Cc1ccccc1. The Balaban J connectivity index is 0.000000420. The normalized spacial score (nSPS) is 15.5. The molecule has 0 spiro atoms. The molecule has 3 heteroatoms. The Bertz CT molecular complexity index is 1080. The fourth-order valence-electron chi connectivity index (χ4n) is 5.39. The molecule has 1 aliphatic heterocycles. The molecule has 0 atom stereocenters. The summed E-state index contributed by atoms with van der Waals surface area (Å²) in [6, 6.07) is 20.3. The number of aryl methyl sites for hydroxylation is 3. The number of pyridine rings is 1. The molecule has 2 aromatic carbocycles. The number of nitrogens with zero attached hydrogens (tertiary/aromatic N) is 2. The third-order valence-electron chi connectivity index (χ3n) is 7.92. The summed E-state index contributed by atoms with van der Waals surface area (Å²) < 4.78 is 1.99. The summed E-state index contributed by atoms with van der Waals surface area (Å²) in [5, 5.41) is 1.16. The Morgan fingerprint density at radius 2 is 1.51 bits per heavy atom. The summed E-state index contributed by atoms with van der Waals surface area (Å²) >= 11 is 0. The van der Waals surface area contributed by atoms with Gasteiger partial charge in [-0.2, -0.15) is 0 Å². The second kappa shape index (κ2) is 13.6. The third kappa shape index (κ3) is 8.07. The fourth-order valence-corrected chi connectivity index (χ4v) is 5.39. The van der Waals surface area contributed by atoms with Crippen molar-refractivity contribution in [3.63, 3.8) is 0 Å². The Labute approximate surface area is 213 Å². The first-order valence-corrected chi connectivity index (χ1v) is 13.8. The highest BCUT2D eigenvalue weighted by Gasteiger charge is 2.32. The number of likely N-dealkylation sites (tertiary alicyclic amines) is 1. The van der Waals surface area contributed by atoms with E-state index in [1.165, 1.54) is 75.7 Å². The highest BCUT2D eigenvalue weighted by atomic mass is 16.1. The van der Waals surface area contributed by atoms with Crippen molar-refractivity contribution in [2.75, 3.05) is 19.6 Å². The second-order valence-corrected chi connectivity index (χ2v) is 10.5. The molecule has 1 aliphatic rings. The van der Waals surface area contributed by atoms with Gasteiger partial charge in [-0.1, -0.05) is 81.1 Å². The zero-order valence-electron chi connectivity index (χ0n) is 22.6. The summed E-state index contributed by atoms with van der Waals surface area (Å²) in [6.45, 7) is 13.4. The second-order valence-electron chi connectivity index (χ2n) is 10.5. The molecular weight excluding hydrogens is 428 g/mol. The molecule has 0 N–H and O–H groups in total. The molecule has 0 radical (unpaired) electrons. The van der Waals surface area contributed by atoms with Crippen LogP contribution in [-0.2, 0) is 6.54 Å². The van der Waals surface area contributed by atoms with E-state index in [0.29, 0.717) is 5.41 Å². The number of hydrogen-bond donors (Lipinski definition) is 0. The van der Waals surface area contributed by atoms with Crippen LogP contribution in [0.15, 0.2) is 65.5 Å². The van der Waals surface area contributed by atoms with E-state index >= 15 is 0 Å². The van der Waals surface area contributed by atoms with Crippen LogP contribution in [-0.4, -0.2) is 29.1 Å². The van der Waals surface area contributed by atoms with Gasteiger partial charge in [-0.3, -0.25) is 4.79 Å². The minimum absolute atomic E-state index is 0.134. The van der Waals surface area contributed by atoms with E-state index in [1.54, 1.807) is 6.07 Å². The predicted octanol–water partition coefficient (Wildman–Crippen LogP) is 7.77. The molecule has 0 amide bonds. The Kier molecular flexibility index (Phi) is 10.6. The lowest BCUT2D eigenvalue weighted by molar-refractivity contribution is 0.0869. The number of fused-ring (bicyclic) bond motifs is 1. The first-order valence-electron chi connectivity index (χ1n) is 13.8. The van der Waals surface area contributed by atoms with E-state index < -0.39 is 0 Å². The first kappa shape index (κ1) is 27.2. The number of benzene rings is 2. The Hall–Kier alpha value is -2.39. The standard InChI is InChI=1S/C25H38N2O.C7H8/c1-4-6-7-16-26-18-14-25(5-2,15-19-26)13-8-17-27-23-20-21(3)9-10-22(23)11-12-24(27)28;1-7-5-3-2-4-6-7/h9-12,20H,4-8,13-19H2,1-3H3;2-6H,1H3. The van der Waals surface area contributed by atoms with Crippen molar-refractivity contribution < 1.29 is 0 Å². The van der Waals surface area contributed by atoms with Crippen LogP contribution in [0, 0.1) is 19.3 Å². The molecule has 2 heterocycles. The summed E-state index contributed by atoms with van der Waals surface area (Å²) in [4.78, 5) is 15.2. The van der Waals surface area contributed by atoms with Crippen LogP contribution in [0.25, 0.3) is 10.9 Å². The monoisotopic (exact) mass is 474 g/mol. The maximum atomic E-state index is 12.5. The highest BCUT2D eigenvalue weighted by molar-refractivity contribution is 5.79. The van der Waals surface area contributed by atoms with Crippen LogP contribution in [0.2, 0.25) is 0 Å². The number of rotatable bonds is 9. The molecule has 0 aliphatic carbocycles. The van der Waals surface area contributed by atoms with E-state index in [0.717, 1.165) is 23.9 Å². The average Bonchev–Trinajstić information content (AvgIpc) is 2.87. The van der Waals surface area contributed by atoms with Crippen LogP contribution in [0.5, 0.6) is 0 Å². The largest absolute Gasteiger partial charge is 0.308 e. The molecule has 35 heavy (non-hydrogen) atoms. The third-order valence-corrected chi connectivity index (χ3v) is 7.92. The summed E-state index contributed by atoms with van der Waals surface area (Å²) in [6.07, 6.45) is 10.2. The van der Waals surface area contributed by atoms with Crippen LogP contribution in [0.3, 0.4) is 0 Å². The van der Waals surface area contributed by atoms with E-state index in [4.69, 9.17) is 0 Å². The minimum Gasteiger partial charge on any atom is -0.308 e. The number of unbranched alkanes of at least 4 members (excludes halogenated alkanes) is 2. The van der Waals surface area contributed by atoms with Gasteiger partial charge in [-0.05, 0) is 94.1 Å². The molecule has 0 bridgehead atoms. The first-order chi connectivity index (χ1) is 17.0. The van der Waals surface area contributed by atoms with Crippen molar-refractivity contribution in [2.45, 2.75) is 85.6 Å². The Morgan fingerprint density at radius 1 is 0.800 bits per heavy atom. The van der Waals surface area contributed by atoms with Crippen LogP contribution in [0.4, 0.5) is 0 Å². The van der Waals surface area contributed by atoms with Crippen molar-refractivity contribution >= 4 is 10.9 Å². The quantitative estimate of drug-likeness (QED) is 0.296. The van der Waals surface area contributed by atoms with Crippen molar-refractivity contribution in [3.8, 4) is 0 Å². The molecule has 0 saturated carbocycles. The van der Waals surface area contributed by atoms with Crippen molar-refractivity contribution in [1.29, 1.82) is 0 Å². The van der Waals surface area contributed by atoms with Crippen molar-refractivity contribution in [1.82, 2.24) is 9.47 Å². The van der Waals surface area contributed by atoms with Crippen LogP contribution >= 0.6 is 0 Å². The smallest absolute Gasteiger partial charge is 0.251 e. The number of piperidine rings is 1. The highest BCUT2D eigenvalue weighted by Crippen LogP contribution is 2.39. The van der Waals surface area contributed by atoms with Gasteiger partial charge in [0.05, 0.1) is 5.52 Å². The molecule has 0 unspecified atom stereocenters. The van der Waals surface area contributed by atoms with E-state index in [-0.39, 0.29) is 5.56 Å². The molecule has 3 nitrogen and oxygen atoms in total. The minimum atomic E-state index is 0.134. The van der Waals surface area contributed by atoms with Gasteiger partial charge in [0.1, 0.15) is 0 Å². The summed E-state index contributed by atoms with van der Waals surface area (Å²) in [5.41, 5.74) is 4.23. The van der Waals surface area contributed by atoms with E-state index in [1.807, 2.05) is 28.8 Å². The lowest BCUT2D eigenvalue weighted by Gasteiger charge is -2.42. The molecule has 1 saturated heterocycles. The molecule has 190 valence electrons. The maximum absolute atomic E-state index is 12.5. The maximum Gasteiger partial charge on any atom is 0.251 e.